The van der Waals surface area contributed by atoms with Crippen LogP contribution in [0, 0.1) is 0 Å². The second kappa shape index (κ2) is 6.35. The van der Waals surface area contributed by atoms with Crippen LogP contribution in [-0.2, 0) is 6.61 Å². The van der Waals surface area contributed by atoms with Gasteiger partial charge in [-0.25, -0.2) is 4.98 Å². The van der Waals surface area contributed by atoms with Crippen LogP contribution in [0.4, 0.5) is 5.82 Å². The van der Waals surface area contributed by atoms with Crippen molar-refractivity contribution in [1.82, 2.24) is 4.98 Å². The average Bonchev–Trinajstić information content (AvgIpc) is 2.99. The Bertz CT molecular complexity index is 616. The fourth-order valence-electron chi connectivity index (χ4n) is 2.05. The summed E-state index contributed by atoms with van der Waals surface area (Å²) in [6.45, 7) is 3.80. The molecule has 0 saturated heterocycles. The Kier molecular flexibility index (Phi) is 4.09. The first kappa shape index (κ1) is 13.5. The van der Waals surface area contributed by atoms with Crippen molar-refractivity contribution < 1.29 is 14.2 Å². The van der Waals surface area contributed by atoms with E-state index in [0.717, 1.165) is 41.6 Å². The molecule has 5 heteroatoms. The van der Waals surface area contributed by atoms with Crippen molar-refractivity contribution in [2.24, 2.45) is 0 Å². The number of fused-ring (bicyclic) bond motifs is 1. The van der Waals surface area contributed by atoms with Crippen LogP contribution in [0.25, 0.3) is 0 Å². The van der Waals surface area contributed by atoms with Crippen LogP contribution in [0.2, 0.25) is 0 Å². The number of nitrogens with zero attached hydrogens (tertiary/aromatic N) is 1. The van der Waals surface area contributed by atoms with E-state index in [1.165, 1.54) is 0 Å². The molecule has 1 N–H and O–H groups in total. The molecule has 0 fully saturated rings. The summed E-state index contributed by atoms with van der Waals surface area (Å²) in [6.07, 6.45) is 2.86. The van der Waals surface area contributed by atoms with Gasteiger partial charge in [0.2, 0.25) is 6.79 Å². The Morgan fingerprint density at radius 1 is 1.19 bits per heavy atom. The number of hydrogen-bond donors (Lipinski definition) is 1. The van der Waals surface area contributed by atoms with Crippen LogP contribution >= 0.6 is 0 Å². The van der Waals surface area contributed by atoms with E-state index in [1.54, 1.807) is 6.20 Å². The summed E-state index contributed by atoms with van der Waals surface area (Å²) >= 11 is 0. The van der Waals surface area contributed by atoms with E-state index >= 15 is 0 Å². The molecule has 0 spiro atoms. The molecule has 0 amide bonds. The van der Waals surface area contributed by atoms with E-state index in [4.69, 9.17) is 14.2 Å². The quantitative estimate of drug-likeness (QED) is 0.883. The van der Waals surface area contributed by atoms with Crippen LogP contribution in [0.5, 0.6) is 17.2 Å². The molecule has 0 atom stereocenters. The molecule has 2 aromatic rings. The zero-order valence-electron chi connectivity index (χ0n) is 12.0. The first-order valence-corrected chi connectivity index (χ1v) is 7.06. The van der Waals surface area contributed by atoms with Crippen molar-refractivity contribution in [3.63, 3.8) is 0 Å². The molecule has 0 saturated carbocycles. The molecule has 0 aliphatic carbocycles. The molecular formula is C16H18N2O3. The molecule has 1 aromatic heterocycles. The highest BCUT2D eigenvalue weighted by atomic mass is 16.7. The van der Waals surface area contributed by atoms with Gasteiger partial charge in [0.05, 0.1) is 0 Å². The lowest BCUT2D eigenvalue weighted by Gasteiger charge is -2.09. The van der Waals surface area contributed by atoms with Crippen molar-refractivity contribution in [3.05, 3.63) is 42.1 Å². The molecule has 21 heavy (non-hydrogen) atoms. The highest BCUT2D eigenvalue weighted by molar-refractivity contribution is 5.47. The second-order valence-corrected chi connectivity index (χ2v) is 4.78. The third-order valence-electron chi connectivity index (χ3n) is 3.13. The average molecular weight is 286 g/mol. The molecule has 3 rings (SSSR count). The van der Waals surface area contributed by atoms with Gasteiger partial charge in [-0.1, -0.05) is 6.92 Å². The number of aromatic nitrogens is 1. The lowest BCUT2D eigenvalue weighted by Crippen LogP contribution is -2.03. The molecular weight excluding hydrogens is 268 g/mol. The molecule has 1 aromatic carbocycles. The number of nitrogens with one attached hydrogen (secondary N) is 1. The first-order chi connectivity index (χ1) is 10.3. The van der Waals surface area contributed by atoms with E-state index < -0.39 is 0 Å². The Hall–Kier alpha value is -2.43. The van der Waals surface area contributed by atoms with E-state index in [-0.39, 0.29) is 6.79 Å². The van der Waals surface area contributed by atoms with Crippen molar-refractivity contribution in [2.45, 2.75) is 20.0 Å². The molecule has 110 valence electrons. The Labute approximate surface area is 123 Å². The fourth-order valence-corrected chi connectivity index (χ4v) is 2.05. The van der Waals surface area contributed by atoms with Gasteiger partial charge in [0.1, 0.15) is 18.2 Å². The van der Waals surface area contributed by atoms with Crippen LogP contribution < -0.4 is 19.5 Å². The predicted octanol–water partition coefficient (Wildman–Crippen LogP) is 3.21. The number of anilines is 1. The highest BCUT2D eigenvalue weighted by Gasteiger charge is 2.13. The number of pyridine rings is 1. The summed E-state index contributed by atoms with van der Waals surface area (Å²) < 4.78 is 16.4. The second-order valence-electron chi connectivity index (χ2n) is 4.78. The minimum Gasteiger partial charge on any atom is -0.489 e. The van der Waals surface area contributed by atoms with Gasteiger partial charge >= 0.3 is 0 Å². The highest BCUT2D eigenvalue weighted by Crippen LogP contribution is 2.35. The number of benzene rings is 1. The SMILES string of the molecule is CCCNc1cc(COc2ccc3c(c2)OCO3)ccn1. The van der Waals surface area contributed by atoms with Gasteiger partial charge < -0.3 is 19.5 Å². The van der Waals surface area contributed by atoms with E-state index in [0.29, 0.717) is 6.61 Å². The third kappa shape index (κ3) is 3.37. The summed E-state index contributed by atoms with van der Waals surface area (Å²) in [5.74, 6) is 3.13. The lowest BCUT2D eigenvalue weighted by atomic mass is 10.2. The molecule has 0 unspecified atom stereocenters. The Balaban J connectivity index is 1.62. The van der Waals surface area contributed by atoms with Crippen molar-refractivity contribution in [2.75, 3.05) is 18.7 Å². The van der Waals surface area contributed by atoms with Crippen molar-refractivity contribution in [1.29, 1.82) is 0 Å². The van der Waals surface area contributed by atoms with Crippen molar-refractivity contribution >= 4 is 5.82 Å². The fraction of sp³-hybridized carbons (Fsp3) is 0.312. The summed E-state index contributed by atoms with van der Waals surface area (Å²) in [7, 11) is 0. The van der Waals surface area contributed by atoms with Crippen LogP contribution in [0.1, 0.15) is 18.9 Å². The molecule has 2 heterocycles. The number of rotatable bonds is 6. The standard InChI is InChI=1S/C16H18N2O3/c1-2-6-17-16-8-12(5-7-18-16)10-19-13-3-4-14-15(9-13)21-11-20-14/h3-5,7-9H,2,6,10-11H2,1H3,(H,17,18). The molecule has 0 bridgehead atoms. The van der Waals surface area contributed by atoms with Gasteiger partial charge in [-0.15, -0.1) is 0 Å². The van der Waals surface area contributed by atoms with Gasteiger partial charge in [-0.2, -0.15) is 0 Å². The molecule has 1 aliphatic heterocycles. The zero-order chi connectivity index (χ0) is 14.5. The maximum atomic E-state index is 5.79. The van der Waals surface area contributed by atoms with Crippen molar-refractivity contribution in [3.8, 4) is 17.2 Å². The van der Waals surface area contributed by atoms with Crippen LogP contribution in [0.3, 0.4) is 0 Å². The smallest absolute Gasteiger partial charge is 0.231 e. The summed E-state index contributed by atoms with van der Waals surface area (Å²) in [5, 5.41) is 3.26. The van der Waals surface area contributed by atoms with Gasteiger partial charge in [0.15, 0.2) is 11.5 Å². The van der Waals surface area contributed by atoms with Gasteiger partial charge in [-0.3, -0.25) is 0 Å². The molecule has 1 aliphatic rings. The third-order valence-corrected chi connectivity index (χ3v) is 3.13. The van der Waals surface area contributed by atoms with Crippen LogP contribution in [-0.4, -0.2) is 18.3 Å². The minimum atomic E-state index is 0.273. The predicted molar refractivity (Wildman–Crippen MR) is 79.9 cm³/mol. The largest absolute Gasteiger partial charge is 0.489 e. The number of ether oxygens (including phenoxy) is 3. The molecule has 0 radical (unpaired) electrons. The van der Waals surface area contributed by atoms with E-state index in [9.17, 15) is 0 Å². The van der Waals surface area contributed by atoms with Crippen LogP contribution in [0.15, 0.2) is 36.5 Å². The number of hydrogen-bond acceptors (Lipinski definition) is 5. The maximum absolute atomic E-state index is 5.79. The van der Waals surface area contributed by atoms with E-state index in [1.807, 2.05) is 30.3 Å². The Morgan fingerprint density at radius 3 is 3.00 bits per heavy atom. The summed E-state index contributed by atoms with van der Waals surface area (Å²) in [5.41, 5.74) is 1.07. The van der Waals surface area contributed by atoms with Gasteiger partial charge in [-0.05, 0) is 36.2 Å². The van der Waals surface area contributed by atoms with E-state index in [2.05, 4.69) is 17.2 Å². The molecule has 5 nitrogen and oxygen atoms in total. The monoisotopic (exact) mass is 286 g/mol. The topological polar surface area (TPSA) is 52.6 Å². The lowest BCUT2D eigenvalue weighted by molar-refractivity contribution is 0.173. The first-order valence-electron chi connectivity index (χ1n) is 7.06. The summed E-state index contributed by atoms with van der Waals surface area (Å²) in [4.78, 5) is 4.28. The minimum absolute atomic E-state index is 0.273. The zero-order valence-corrected chi connectivity index (χ0v) is 12.0. The summed E-state index contributed by atoms with van der Waals surface area (Å²) in [6, 6.07) is 9.54. The maximum Gasteiger partial charge on any atom is 0.231 e. The van der Waals surface area contributed by atoms with Gasteiger partial charge in [0.25, 0.3) is 0 Å². The van der Waals surface area contributed by atoms with Gasteiger partial charge in [0, 0.05) is 18.8 Å². The normalized spacial score (nSPS) is 12.2. The Morgan fingerprint density at radius 2 is 2.10 bits per heavy atom.